The summed E-state index contributed by atoms with van der Waals surface area (Å²) in [5.74, 6) is 0.235. The second kappa shape index (κ2) is 6.65. The highest BCUT2D eigenvalue weighted by Gasteiger charge is 2.08. The molecule has 0 aliphatic carbocycles. The van der Waals surface area contributed by atoms with Gasteiger partial charge in [0.05, 0.1) is 0 Å². The van der Waals surface area contributed by atoms with Gasteiger partial charge in [0.25, 0.3) is 5.91 Å². The summed E-state index contributed by atoms with van der Waals surface area (Å²) in [7, 11) is 0. The molecule has 1 amide bonds. The number of carbonyl (C=O) groups is 1. The number of nitrogens with zero attached hydrogens (tertiary/aromatic N) is 2. The molecule has 5 nitrogen and oxygen atoms in total. The van der Waals surface area contributed by atoms with E-state index in [1.807, 2.05) is 31.2 Å². The monoisotopic (exact) mass is 270 g/mol. The number of amides is 1. The maximum Gasteiger partial charge on any atom is 0.274 e. The van der Waals surface area contributed by atoms with Crippen LogP contribution in [-0.2, 0) is 0 Å². The Morgan fingerprint density at radius 3 is 2.65 bits per heavy atom. The molecule has 0 unspecified atom stereocenters. The zero-order chi connectivity index (χ0) is 14.4. The number of benzene rings is 1. The Labute approximate surface area is 118 Å². The van der Waals surface area contributed by atoms with Crippen molar-refractivity contribution in [2.24, 2.45) is 0 Å². The third kappa shape index (κ3) is 3.78. The molecule has 2 N–H and O–H groups in total. The molecule has 0 aliphatic heterocycles. The number of aryl methyl sites for hydroxylation is 1. The van der Waals surface area contributed by atoms with Crippen molar-refractivity contribution in [2.75, 3.05) is 17.2 Å². The van der Waals surface area contributed by atoms with Crippen molar-refractivity contribution in [3.63, 3.8) is 0 Å². The van der Waals surface area contributed by atoms with Crippen LogP contribution in [-0.4, -0.2) is 22.4 Å². The fourth-order valence-electron chi connectivity index (χ4n) is 1.64. The summed E-state index contributed by atoms with van der Waals surface area (Å²) in [4.78, 5) is 20.4. The smallest absolute Gasteiger partial charge is 0.274 e. The van der Waals surface area contributed by atoms with E-state index in [1.54, 1.807) is 12.3 Å². The van der Waals surface area contributed by atoms with Gasteiger partial charge in [0.15, 0.2) is 0 Å². The first-order chi connectivity index (χ1) is 9.69. The van der Waals surface area contributed by atoms with Crippen LogP contribution >= 0.6 is 0 Å². The van der Waals surface area contributed by atoms with E-state index in [4.69, 9.17) is 0 Å². The van der Waals surface area contributed by atoms with Gasteiger partial charge in [0, 0.05) is 18.4 Å². The Hall–Kier alpha value is -2.43. The Bertz CT molecular complexity index is 581. The van der Waals surface area contributed by atoms with Gasteiger partial charge in [-0.3, -0.25) is 4.79 Å². The van der Waals surface area contributed by atoms with Crippen LogP contribution in [0.2, 0.25) is 0 Å². The lowest BCUT2D eigenvalue weighted by Crippen LogP contribution is -2.15. The second-order valence-electron chi connectivity index (χ2n) is 4.51. The third-order valence-electron chi connectivity index (χ3n) is 2.73. The van der Waals surface area contributed by atoms with Gasteiger partial charge in [-0.1, -0.05) is 24.6 Å². The standard InChI is InChI=1S/C15H18N4O/c1-3-9-16-15-17-10-8-13(19-15)14(20)18-12-6-4-11(2)5-7-12/h4-8,10H,3,9H2,1-2H3,(H,18,20)(H,16,17,19). The Morgan fingerprint density at radius 2 is 1.95 bits per heavy atom. The molecule has 0 fully saturated rings. The molecule has 5 heteroatoms. The summed E-state index contributed by atoms with van der Waals surface area (Å²) in [6, 6.07) is 9.23. The van der Waals surface area contributed by atoms with E-state index in [1.165, 1.54) is 0 Å². The Kier molecular flexibility index (Phi) is 4.65. The molecule has 0 bridgehead atoms. The molecule has 1 aromatic carbocycles. The van der Waals surface area contributed by atoms with Crippen LogP contribution in [0.25, 0.3) is 0 Å². The molecule has 1 aromatic heterocycles. The van der Waals surface area contributed by atoms with Crippen LogP contribution < -0.4 is 10.6 Å². The lowest BCUT2D eigenvalue weighted by molar-refractivity contribution is 0.102. The van der Waals surface area contributed by atoms with E-state index < -0.39 is 0 Å². The first-order valence-corrected chi connectivity index (χ1v) is 6.64. The van der Waals surface area contributed by atoms with Gasteiger partial charge >= 0.3 is 0 Å². The van der Waals surface area contributed by atoms with Gasteiger partial charge in [0.1, 0.15) is 5.69 Å². The molecular weight excluding hydrogens is 252 g/mol. The van der Waals surface area contributed by atoms with Gasteiger partial charge in [-0.05, 0) is 31.5 Å². The van der Waals surface area contributed by atoms with Crippen LogP contribution in [0.5, 0.6) is 0 Å². The summed E-state index contributed by atoms with van der Waals surface area (Å²) in [6.45, 7) is 4.84. The van der Waals surface area contributed by atoms with Crippen LogP contribution in [0.1, 0.15) is 29.4 Å². The third-order valence-corrected chi connectivity index (χ3v) is 2.73. The number of hydrogen-bond donors (Lipinski definition) is 2. The SMILES string of the molecule is CCCNc1nccc(C(=O)Nc2ccc(C)cc2)n1. The quantitative estimate of drug-likeness (QED) is 0.876. The van der Waals surface area contributed by atoms with E-state index in [0.717, 1.165) is 24.2 Å². The van der Waals surface area contributed by atoms with Crippen molar-refractivity contribution in [3.05, 3.63) is 47.8 Å². The molecule has 1 heterocycles. The number of carbonyl (C=O) groups excluding carboxylic acids is 1. The zero-order valence-corrected chi connectivity index (χ0v) is 11.7. The minimum Gasteiger partial charge on any atom is -0.354 e. The van der Waals surface area contributed by atoms with Crippen LogP contribution in [0, 0.1) is 6.92 Å². The molecule has 0 saturated carbocycles. The predicted octanol–water partition coefficient (Wildman–Crippen LogP) is 2.86. The topological polar surface area (TPSA) is 66.9 Å². The lowest BCUT2D eigenvalue weighted by atomic mass is 10.2. The van der Waals surface area contributed by atoms with E-state index in [2.05, 4.69) is 27.5 Å². The van der Waals surface area contributed by atoms with Gasteiger partial charge in [-0.15, -0.1) is 0 Å². The largest absolute Gasteiger partial charge is 0.354 e. The average Bonchev–Trinajstić information content (AvgIpc) is 2.48. The summed E-state index contributed by atoms with van der Waals surface area (Å²) < 4.78 is 0. The van der Waals surface area contributed by atoms with Crippen LogP contribution in [0.15, 0.2) is 36.5 Å². The summed E-state index contributed by atoms with van der Waals surface area (Å²) in [5.41, 5.74) is 2.25. The second-order valence-corrected chi connectivity index (χ2v) is 4.51. The van der Waals surface area contributed by atoms with Gasteiger partial charge in [-0.25, -0.2) is 9.97 Å². The number of anilines is 2. The molecule has 104 valence electrons. The van der Waals surface area contributed by atoms with Crippen LogP contribution in [0.4, 0.5) is 11.6 Å². The number of nitrogens with one attached hydrogen (secondary N) is 2. The summed E-state index contributed by atoms with van der Waals surface area (Å²) in [5, 5.41) is 5.87. The molecular formula is C15H18N4O. The number of rotatable bonds is 5. The highest BCUT2D eigenvalue weighted by Crippen LogP contribution is 2.10. The lowest BCUT2D eigenvalue weighted by Gasteiger charge is -2.07. The fourth-order valence-corrected chi connectivity index (χ4v) is 1.64. The van der Waals surface area contributed by atoms with E-state index >= 15 is 0 Å². The van der Waals surface area contributed by atoms with Crippen molar-refractivity contribution < 1.29 is 4.79 Å². The van der Waals surface area contributed by atoms with Gasteiger partial charge in [0.2, 0.25) is 5.95 Å². The molecule has 0 atom stereocenters. The molecule has 0 spiro atoms. The fraction of sp³-hybridized carbons (Fsp3) is 0.267. The molecule has 0 radical (unpaired) electrons. The molecule has 0 aliphatic rings. The zero-order valence-electron chi connectivity index (χ0n) is 11.7. The van der Waals surface area contributed by atoms with Gasteiger partial charge < -0.3 is 10.6 Å². The van der Waals surface area contributed by atoms with Crippen molar-refractivity contribution in [2.45, 2.75) is 20.3 Å². The maximum atomic E-state index is 12.1. The predicted molar refractivity (Wildman–Crippen MR) is 79.9 cm³/mol. The first kappa shape index (κ1) is 14.0. The van der Waals surface area contributed by atoms with E-state index in [0.29, 0.717) is 11.6 Å². The van der Waals surface area contributed by atoms with Crippen LogP contribution in [0.3, 0.4) is 0 Å². The molecule has 2 aromatic rings. The highest BCUT2D eigenvalue weighted by molar-refractivity contribution is 6.02. The summed E-state index contributed by atoms with van der Waals surface area (Å²) in [6.07, 6.45) is 2.55. The number of aromatic nitrogens is 2. The molecule has 20 heavy (non-hydrogen) atoms. The highest BCUT2D eigenvalue weighted by atomic mass is 16.1. The van der Waals surface area contributed by atoms with E-state index in [-0.39, 0.29) is 5.91 Å². The number of hydrogen-bond acceptors (Lipinski definition) is 4. The minimum atomic E-state index is -0.240. The van der Waals surface area contributed by atoms with Crippen molar-refractivity contribution >= 4 is 17.5 Å². The van der Waals surface area contributed by atoms with Crippen molar-refractivity contribution in [3.8, 4) is 0 Å². The van der Waals surface area contributed by atoms with E-state index in [9.17, 15) is 4.79 Å². The minimum absolute atomic E-state index is 0.240. The van der Waals surface area contributed by atoms with Gasteiger partial charge in [-0.2, -0.15) is 0 Å². The average molecular weight is 270 g/mol. The summed E-state index contributed by atoms with van der Waals surface area (Å²) >= 11 is 0. The molecule has 0 saturated heterocycles. The normalized spacial score (nSPS) is 10.1. The van der Waals surface area contributed by atoms with Crippen molar-refractivity contribution in [1.29, 1.82) is 0 Å². The Morgan fingerprint density at radius 1 is 1.20 bits per heavy atom. The Balaban J connectivity index is 2.06. The van der Waals surface area contributed by atoms with Crippen molar-refractivity contribution in [1.82, 2.24) is 9.97 Å². The molecule has 2 rings (SSSR count). The first-order valence-electron chi connectivity index (χ1n) is 6.64. The maximum absolute atomic E-state index is 12.1.